The molecule has 2 N–H and O–H groups in total. The second kappa shape index (κ2) is 8.10. The summed E-state index contributed by atoms with van der Waals surface area (Å²) in [5.74, 6) is 1.56. The maximum atomic E-state index is 12.2. The number of amides is 1. The van der Waals surface area contributed by atoms with E-state index in [-0.39, 0.29) is 5.91 Å². The van der Waals surface area contributed by atoms with Crippen LogP contribution in [0, 0.1) is 12.8 Å². The third-order valence-electron chi connectivity index (χ3n) is 2.85. The van der Waals surface area contributed by atoms with Crippen molar-refractivity contribution in [1.29, 1.82) is 0 Å². The lowest BCUT2D eigenvalue weighted by molar-refractivity contribution is 0.0950. The summed E-state index contributed by atoms with van der Waals surface area (Å²) in [6, 6.07) is 5.93. The van der Waals surface area contributed by atoms with Crippen molar-refractivity contribution < 1.29 is 4.79 Å². The van der Waals surface area contributed by atoms with Crippen LogP contribution in [0.25, 0.3) is 0 Å². The molecule has 0 spiro atoms. The van der Waals surface area contributed by atoms with Gasteiger partial charge in [0, 0.05) is 18.8 Å². The Morgan fingerprint density at radius 3 is 2.79 bits per heavy atom. The number of aryl methyl sites for hydroxylation is 1. The van der Waals surface area contributed by atoms with Gasteiger partial charge in [-0.2, -0.15) is 11.8 Å². The lowest BCUT2D eigenvalue weighted by Gasteiger charge is -2.14. The largest absolute Gasteiger partial charge is 0.385 e. The molecular formula is C15H24N2OS. The zero-order valence-corrected chi connectivity index (χ0v) is 13.1. The summed E-state index contributed by atoms with van der Waals surface area (Å²) in [5, 5.41) is 6.25. The molecule has 0 radical (unpaired) electrons. The molecule has 0 bridgehead atoms. The van der Waals surface area contributed by atoms with Crippen LogP contribution < -0.4 is 10.6 Å². The van der Waals surface area contributed by atoms with Crippen LogP contribution >= 0.6 is 11.8 Å². The number of nitrogens with one attached hydrogen (secondary N) is 2. The number of carbonyl (C=O) groups excluding carboxylic acids is 1. The van der Waals surface area contributed by atoms with E-state index < -0.39 is 0 Å². The number of hydrogen-bond donors (Lipinski definition) is 2. The fraction of sp³-hybridized carbons (Fsp3) is 0.533. The van der Waals surface area contributed by atoms with Gasteiger partial charge in [-0.1, -0.05) is 18.6 Å². The van der Waals surface area contributed by atoms with Gasteiger partial charge in [0.05, 0.1) is 5.56 Å². The highest BCUT2D eigenvalue weighted by atomic mass is 32.2. The highest BCUT2D eigenvalue weighted by Crippen LogP contribution is 2.17. The van der Waals surface area contributed by atoms with Gasteiger partial charge < -0.3 is 10.6 Å². The van der Waals surface area contributed by atoms with Crippen LogP contribution in [-0.4, -0.2) is 31.0 Å². The summed E-state index contributed by atoms with van der Waals surface area (Å²) in [7, 11) is 0. The van der Waals surface area contributed by atoms with Crippen LogP contribution in [0.2, 0.25) is 0 Å². The summed E-state index contributed by atoms with van der Waals surface area (Å²) in [6.45, 7) is 7.72. The van der Waals surface area contributed by atoms with E-state index in [1.165, 1.54) is 0 Å². The predicted molar refractivity (Wildman–Crippen MR) is 85.2 cm³/mol. The molecule has 106 valence electrons. The first-order chi connectivity index (χ1) is 9.08. The van der Waals surface area contributed by atoms with Gasteiger partial charge in [-0.15, -0.1) is 0 Å². The first kappa shape index (κ1) is 15.9. The molecule has 1 amide bonds. The summed E-state index contributed by atoms with van der Waals surface area (Å²) in [4.78, 5) is 12.2. The zero-order valence-electron chi connectivity index (χ0n) is 12.2. The van der Waals surface area contributed by atoms with E-state index >= 15 is 0 Å². The Balaban J connectivity index is 2.72. The van der Waals surface area contributed by atoms with Crippen LogP contribution in [0.3, 0.4) is 0 Å². The average molecular weight is 280 g/mol. The smallest absolute Gasteiger partial charge is 0.253 e. The number of hydrogen-bond acceptors (Lipinski definition) is 3. The second-order valence-electron chi connectivity index (χ2n) is 4.85. The van der Waals surface area contributed by atoms with Crippen LogP contribution in [0.1, 0.15) is 29.8 Å². The fourth-order valence-electron chi connectivity index (χ4n) is 1.90. The lowest BCUT2D eigenvalue weighted by atomic mass is 10.1. The van der Waals surface area contributed by atoms with Gasteiger partial charge in [0.25, 0.3) is 5.91 Å². The molecule has 0 aliphatic rings. The van der Waals surface area contributed by atoms with E-state index in [0.29, 0.717) is 5.92 Å². The minimum atomic E-state index is 0.00704. The van der Waals surface area contributed by atoms with E-state index in [9.17, 15) is 4.79 Å². The molecule has 1 atom stereocenters. The fourth-order valence-corrected chi connectivity index (χ4v) is 2.58. The van der Waals surface area contributed by atoms with Crippen molar-refractivity contribution in [3.63, 3.8) is 0 Å². The molecule has 0 heterocycles. The quantitative estimate of drug-likeness (QED) is 0.806. The highest BCUT2D eigenvalue weighted by molar-refractivity contribution is 7.98. The Morgan fingerprint density at radius 2 is 2.16 bits per heavy atom. The van der Waals surface area contributed by atoms with Crippen LogP contribution in [0.5, 0.6) is 0 Å². The normalized spacial score (nSPS) is 12.0. The number of carbonyl (C=O) groups is 1. The van der Waals surface area contributed by atoms with Crippen molar-refractivity contribution in [3.05, 3.63) is 29.3 Å². The van der Waals surface area contributed by atoms with Crippen molar-refractivity contribution in [1.82, 2.24) is 5.32 Å². The van der Waals surface area contributed by atoms with E-state index in [1.807, 2.05) is 43.8 Å². The third-order valence-corrected chi connectivity index (χ3v) is 3.75. The maximum Gasteiger partial charge on any atom is 0.253 e. The Hall–Kier alpha value is -1.16. The molecule has 0 aliphatic carbocycles. The van der Waals surface area contributed by atoms with Gasteiger partial charge in [-0.3, -0.25) is 4.79 Å². The molecule has 0 fully saturated rings. The Morgan fingerprint density at radius 1 is 1.42 bits per heavy atom. The number of thioether (sulfide) groups is 1. The average Bonchev–Trinajstić information content (AvgIpc) is 2.38. The molecule has 3 nitrogen and oxygen atoms in total. The van der Waals surface area contributed by atoms with Gasteiger partial charge in [-0.05, 0) is 43.9 Å². The van der Waals surface area contributed by atoms with Crippen LogP contribution in [0.15, 0.2) is 18.2 Å². The van der Waals surface area contributed by atoms with Crippen molar-refractivity contribution >= 4 is 23.4 Å². The van der Waals surface area contributed by atoms with Gasteiger partial charge in [-0.25, -0.2) is 0 Å². The molecule has 1 unspecified atom stereocenters. The first-order valence-corrected chi connectivity index (χ1v) is 8.09. The molecule has 1 aromatic rings. The van der Waals surface area contributed by atoms with Crippen molar-refractivity contribution in [3.8, 4) is 0 Å². The van der Waals surface area contributed by atoms with Crippen molar-refractivity contribution in [2.75, 3.05) is 30.4 Å². The minimum absolute atomic E-state index is 0.00704. The van der Waals surface area contributed by atoms with Gasteiger partial charge in [0.1, 0.15) is 0 Å². The Labute approximate surface area is 120 Å². The molecule has 1 rings (SSSR count). The summed E-state index contributed by atoms with van der Waals surface area (Å²) in [5.41, 5.74) is 2.74. The molecule has 1 aromatic carbocycles. The van der Waals surface area contributed by atoms with Crippen LogP contribution in [0.4, 0.5) is 5.69 Å². The highest BCUT2D eigenvalue weighted by Gasteiger charge is 2.12. The number of benzene rings is 1. The van der Waals surface area contributed by atoms with Gasteiger partial charge >= 0.3 is 0 Å². The monoisotopic (exact) mass is 280 g/mol. The maximum absolute atomic E-state index is 12.2. The van der Waals surface area contributed by atoms with E-state index in [2.05, 4.69) is 23.8 Å². The second-order valence-corrected chi connectivity index (χ2v) is 5.76. The standard InChI is InChI=1S/C15H24N2OS/c1-5-16-14-7-6-11(2)8-13(14)15(18)17-9-12(3)10-19-4/h6-8,12,16H,5,9-10H2,1-4H3,(H,17,18). The molecular weight excluding hydrogens is 256 g/mol. The minimum Gasteiger partial charge on any atom is -0.385 e. The van der Waals surface area contributed by atoms with E-state index in [4.69, 9.17) is 0 Å². The molecule has 0 saturated heterocycles. The third kappa shape index (κ3) is 5.15. The Kier molecular flexibility index (Phi) is 6.78. The summed E-state index contributed by atoms with van der Waals surface area (Å²) in [6.07, 6.45) is 2.09. The zero-order chi connectivity index (χ0) is 14.3. The number of anilines is 1. The van der Waals surface area contributed by atoms with E-state index in [1.54, 1.807) is 0 Å². The van der Waals surface area contributed by atoms with Crippen LogP contribution in [-0.2, 0) is 0 Å². The molecule has 0 aliphatic heterocycles. The van der Waals surface area contributed by atoms with Crippen molar-refractivity contribution in [2.24, 2.45) is 5.92 Å². The molecule has 19 heavy (non-hydrogen) atoms. The summed E-state index contributed by atoms with van der Waals surface area (Å²) < 4.78 is 0. The topological polar surface area (TPSA) is 41.1 Å². The van der Waals surface area contributed by atoms with E-state index in [0.717, 1.165) is 35.7 Å². The lowest BCUT2D eigenvalue weighted by Crippen LogP contribution is -2.29. The molecule has 4 heteroatoms. The molecule has 0 saturated carbocycles. The van der Waals surface area contributed by atoms with Gasteiger partial charge in [0.2, 0.25) is 0 Å². The molecule has 0 aromatic heterocycles. The summed E-state index contributed by atoms with van der Waals surface area (Å²) >= 11 is 1.81. The van der Waals surface area contributed by atoms with Gasteiger partial charge in [0.15, 0.2) is 0 Å². The first-order valence-electron chi connectivity index (χ1n) is 6.70. The van der Waals surface area contributed by atoms with Crippen molar-refractivity contribution in [2.45, 2.75) is 20.8 Å². The SMILES string of the molecule is CCNc1ccc(C)cc1C(=O)NCC(C)CSC. The predicted octanol–water partition coefficient (Wildman–Crippen LogP) is 3.16. The number of rotatable bonds is 7. The Bertz CT molecular complexity index is 421.